The lowest BCUT2D eigenvalue weighted by atomic mass is 10.0. The van der Waals surface area contributed by atoms with Gasteiger partial charge in [0.05, 0.1) is 19.3 Å². The average Bonchev–Trinajstić information content (AvgIpc) is 2.68. The van der Waals surface area contributed by atoms with Crippen molar-refractivity contribution in [3.8, 4) is 0 Å². The molecule has 1 fully saturated rings. The fourth-order valence-electron chi connectivity index (χ4n) is 3.19. The van der Waals surface area contributed by atoms with Gasteiger partial charge in [-0.15, -0.1) is 24.0 Å². The summed E-state index contributed by atoms with van der Waals surface area (Å²) in [4.78, 5) is 6.87. The second-order valence-corrected chi connectivity index (χ2v) is 6.52. The molecule has 0 aromatic heterocycles. The number of nitrogens with one attached hydrogen (secondary N) is 2. The molecule has 5 nitrogen and oxygen atoms in total. The highest BCUT2D eigenvalue weighted by atomic mass is 127. The van der Waals surface area contributed by atoms with Gasteiger partial charge in [-0.1, -0.05) is 56.5 Å². The highest BCUT2D eigenvalue weighted by Gasteiger charge is 2.22. The van der Waals surface area contributed by atoms with Crippen LogP contribution in [0.4, 0.5) is 0 Å². The molecule has 0 saturated carbocycles. The first-order valence-corrected chi connectivity index (χ1v) is 9.66. The highest BCUT2D eigenvalue weighted by molar-refractivity contribution is 14.0. The van der Waals surface area contributed by atoms with Gasteiger partial charge in [0.1, 0.15) is 0 Å². The Hall–Kier alpha value is -0.860. The number of benzene rings is 1. The molecule has 148 valence electrons. The Morgan fingerprint density at radius 2 is 1.85 bits per heavy atom. The van der Waals surface area contributed by atoms with Crippen molar-refractivity contribution < 1.29 is 4.74 Å². The monoisotopic (exact) mass is 474 g/mol. The molecule has 0 radical (unpaired) electrons. The number of morpholine rings is 1. The lowest BCUT2D eigenvalue weighted by molar-refractivity contribution is 0.0170. The van der Waals surface area contributed by atoms with Crippen molar-refractivity contribution in [3.05, 3.63) is 35.9 Å². The van der Waals surface area contributed by atoms with Crippen LogP contribution in [0.15, 0.2) is 35.3 Å². The molecule has 1 aromatic rings. The van der Waals surface area contributed by atoms with Crippen LogP contribution in [0.3, 0.4) is 0 Å². The van der Waals surface area contributed by atoms with E-state index >= 15 is 0 Å². The molecular formula is C20H35IN4O. The second-order valence-electron chi connectivity index (χ2n) is 6.52. The predicted octanol–water partition coefficient (Wildman–Crippen LogP) is 3.42. The minimum Gasteiger partial charge on any atom is -0.379 e. The minimum absolute atomic E-state index is 0. The number of rotatable bonds is 9. The summed E-state index contributed by atoms with van der Waals surface area (Å²) in [6.45, 7) is 7.64. The third kappa shape index (κ3) is 8.22. The van der Waals surface area contributed by atoms with Crippen molar-refractivity contribution in [1.29, 1.82) is 0 Å². The van der Waals surface area contributed by atoms with E-state index in [9.17, 15) is 0 Å². The third-order valence-electron chi connectivity index (χ3n) is 4.68. The van der Waals surface area contributed by atoms with Crippen LogP contribution in [0.25, 0.3) is 0 Å². The Morgan fingerprint density at radius 3 is 2.50 bits per heavy atom. The van der Waals surface area contributed by atoms with Gasteiger partial charge in [0.25, 0.3) is 0 Å². The molecule has 0 aliphatic carbocycles. The van der Waals surface area contributed by atoms with Crippen molar-refractivity contribution in [2.24, 2.45) is 4.99 Å². The second kappa shape index (κ2) is 14.2. The van der Waals surface area contributed by atoms with Crippen LogP contribution >= 0.6 is 24.0 Å². The molecule has 1 heterocycles. The van der Waals surface area contributed by atoms with E-state index in [1.54, 1.807) is 0 Å². The molecule has 26 heavy (non-hydrogen) atoms. The zero-order valence-corrected chi connectivity index (χ0v) is 18.6. The van der Waals surface area contributed by atoms with Gasteiger partial charge in [-0.05, 0) is 12.0 Å². The number of ether oxygens (including phenoxy) is 1. The topological polar surface area (TPSA) is 48.9 Å². The maximum absolute atomic E-state index is 5.52. The molecule has 2 rings (SSSR count). The lowest BCUT2D eigenvalue weighted by Gasteiger charge is -2.35. The fourth-order valence-corrected chi connectivity index (χ4v) is 3.19. The maximum atomic E-state index is 5.52. The number of guanidine groups is 1. The molecule has 0 spiro atoms. The Kier molecular flexibility index (Phi) is 12.7. The van der Waals surface area contributed by atoms with Gasteiger partial charge < -0.3 is 15.4 Å². The molecule has 6 heteroatoms. The summed E-state index contributed by atoms with van der Waals surface area (Å²) in [5.41, 5.74) is 1.34. The molecule has 0 bridgehead atoms. The summed E-state index contributed by atoms with van der Waals surface area (Å²) < 4.78 is 5.52. The minimum atomic E-state index is 0. The van der Waals surface area contributed by atoms with Crippen LogP contribution < -0.4 is 10.6 Å². The van der Waals surface area contributed by atoms with E-state index in [-0.39, 0.29) is 24.0 Å². The highest BCUT2D eigenvalue weighted by Crippen LogP contribution is 2.20. The lowest BCUT2D eigenvalue weighted by Crippen LogP contribution is -2.46. The van der Waals surface area contributed by atoms with Crippen molar-refractivity contribution >= 4 is 29.9 Å². The maximum Gasteiger partial charge on any atom is 0.191 e. The predicted molar refractivity (Wildman–Crippen MR) is 120 cm³/mol. The first-order valence-electron chi connectivity index (χ1n) is 9.66. The van der Waals surface area contributed by atoms with E-state index < -0.39 is 0 Å². The number of halogens is 1. The quantitative estimate of drug-likeness (QED) is 0.249. The van der Waals surface area contributed by atoms with Crippen molar-refractivity contribution in [2.75, 3.05) is 46.4 Å². The molecule has 1 unspecified atom stereocenters. The number of unbranched alkanes of at least 4 members (excludes halogenated alkanes) is 3. The number of aliphatic imine (C=N–C) groups is 1. The van der Waals surface area contributed by atoms with E-state index in [0.717, 1.165) is 45.4 Å². The molecule has 0 amide bonds. The normalized spacial score (nSPS) is 16.6. The fraction of sp³-hybridized carbons (Fsp3) is 0.650. The SMILES string of the molecule is CCCCCCNC(=NC)NCC(c1ccccc1)N1CCOCC1.I. The number of hydrogen-bond donors (Lipinski definition) is 2. The zero-order valence-electron chi connectivity index (χ0n) is 16.2. The standard InChI is InChI=1S/C20H34N4O.HI/c1-3-4-5-9-12-22-20(21-2)23-17-19(18-10-7-6-8-11-18)24-13-15-25-16-14-24;/h6-8,10-11,19H,3-5,9,12-17H2,1-2H3,(H2,21,22,23);1H. The van der Waals surface area contributed by atoms with E-state index in [2.05, 4.69) is 57.8 Å². The molecule has 1 atom stereocenters. The molecule has 1 aliphatic rings. The largest absolute Gasteiger partial charge is 0.379 e. The Balaban J connectivity index is 0.00000338. The Labute approximate surface area is 176 Å². The van der Waals surface area contributed by atoms with Gasteiger partial charge in [0.2, 0.25) is 0 Å². The summed E-state index contributed by atoms with van der Waals surface area (Å²) >= 11 is 0. The molecule has 1 aliphatic heterocycles. The van der Waals surface area contributed by atoms with Gasteiger partial charge in [0.15, 0.2) is 5.96 Å². The number of nitrogens with zero attached hydrogens (tertiary/aromatic N) is 2. The van der Waals surface area contributed by atoms with E-state index in [4.69, 9.17) is 4.74 Å². The van der Waals surface area contributed by atoms with Gasteiger partial charge in [0, 0.05) is 33.2 Å². The summed E-state index contributed by atoms with van der Waals surface area (Å²) in [5, 5.41) is 6.95. The van der Waals surface area contributed by atoms with E-state index in [1.807, 2.05) is 7.05 Å². The van der Waals surface area contributed by atoms with Crippen LogP contribution in [0.5, 0.6) is 0 Å². The molecular weight excluding hydrogens is 439 g/mol. The average molecular weight is 474 g/mol. The van der Waals surface area contributed by atoms with Crippen molar-refractivity contribution in [2.45, 2.75) is 38.6 Å². The van der Waals surface area contributed by atoms with Crippen LogP contribution in [0, 0.1) is 0 Å². The molecule has 1 aromatic carbocycles. The molecule has 2 N–H and O–H groups in total. The van der Waals surface area contributed by atoms with Gasteiger partial charge in [-0.2, -0.15) is 0 Å². The van der Waals surface area contributed by atoms with Crippen molar-refractivity contribution in [3.63, 3.8) is 0 Å². The first-order chi connectivity index (χ1) is 12.3. The van der Waals surface area contributed by atoms with Crippen LogP contribution in [-0.4, -0.2) is 57.3 Å². The first kappa shape index (κ1) is 23.2. The summed E-state index contributed by atoms with van der Waals surface area (Å²) in [7, 11) is 1.84. The number of hydrogen-bond acceptors (Lipinski definition) is 3. The zero-order chi connectivity index (χ0) is 17.7. The van der Waals surface area contributed by atoms with Crippen LogP contribution in [-0.2, 0) is 4.74 Å². The summed E-state index contributed by atoms with van der Waals surface area (Å²) in [6.07, 6.45) is 5.05. The Bertz CT molecular complexity index is 492. The van der Waals surface area contributed by atoms with E-state index in [1.165, 1.54) is 31.2 Å². The smallest absolute Gasteiger partial charge is 0.191 e. The van der Waals surface area contributed by atoms with Gasteiger partial charge in [-0.3, -0.25) is 9.89 Å². The Morgan fingerprint density at radius 1 is 1.12 bits per heavy atom. The molecule has 1 saturated heterocycles. The van der Waals surface area contributed by atoms with Crippen LogP contribution in [0.1, 0.15) is 44.2 Å². The van der Waals surface area contributed by atoms with Gasteiger partial charge in [-0.25, -0.2) is 0 Å². The third-order valence-corrected chi connectivity index (χ3v) is 4.68. The summed E-state index contributed by atoms with van der Waals surface area (Å²) in [5.74, 6) is 0.894. The summed E-state index contributed by atoms with van der Waals surface area (Å²) in [6, 6.07) is 11.1. The van der Waals surface area contributed by atoms with Crippen LogP contribution in [0.2, 0.25) is 0 Å². The van der Waals surface area contributed by atoms with Crippen molar-refractivity contribution in [1.82, 2.24) is 15.5 Å². The van der Waals surface area contributed by atoms with Gasteiger partial charge >= 0.3 is 0 Å². The van der Waals surface area contributed by atoms with E-state index in [0.29, 0.717) is 6.04 Å².